The van der Waals surface area contributed by atoms with Gasteiger partial charge in [-0.05, 0) is 24.4 Å². The first-order valence-electron chi connectivity index (χ1n) is 2.75. The summed E-state index contributed by atoms with van der Waals surface area (Å²) in [5, 5.41) is 14.1. The Labute approximate surface area is 86.5 Å². The van der Waals surface area contributed by atoms with E-state index in [1.807, 2.05) is 0 Å². The van der Waals surface area contributed by atoms with Crippen LogP contribution in [0.2, 0.25) is 0 Å². The van der Waals surface area contributed by atoms with Crippen molar-refractivity contribution in [2.24, 2.45) is 11.5 Å². The molecule has 13 heavy (non-hydrogen) atoms. The van der Waals surface area contributed by atoms with Gasteiger partial charge in [-0.15, -0.1) is 0 Å². The van der Waals surface area contributed by atoms with E-state index in [2.05, 4.69) is 40.6 Å². The summed E-state index contributed by atoms with van der Waals surface area (Å²) in [6, 6.07) is 0. The van der Waals surface area contributed by atoms with E-state index in [0.29, 0.717) is 0 Å². The smallest absolute Gasteiger partial charge is 0.302 e. The van der Waals surface area contributed by atoms with Gasteiger partial charge in [0.05, 0.1) is 7.11 Å². The van der Waals surface area contributed by atoms with Crippen LogP contribution in [-0.4, -0.2) is 33.6 Å². The molecule has 0 atom stereocenters. The first-order valence-corrected chi connectivity index (χ1v) is 3.57. The molecule has 0 bridgehead atoms. The van der Waals surface area contributed by atoms with E-state index in [0.717, 1.165) is 0 Å². The molecule has 0 rings (SSSR count). The molecule has 0 saturated heterocycles. The fourth-order valence-corrected chi connectivity index (χ4v) is 0. The van der Waals surface area contributed by atoms with Crippen LogP contribution >= 0.6 is 24.4 Å². The maximum atomic E-state index is 9.59. The maximum Gasteiger partial charge on any atom is 0.302 e. The topological polar surface area (TPSA) is 119 Å². The van der Waals surface area contributed by atoms with Crippen LogP contribution < -0.4 is 11.5 Å². The van der Waals surface area contributed by atoms with Crippen LogP contribution in [0.25, 0.3) is 0 Å². The molecule has 0 saturated carbocycles. The molecule has 0 aliphatic heterocycles. The van der Waals surface area contributed by atoms with E-state index in [9.17, 15) is 4.79 Å². The number of nitrogens with two attached hydrogens (primary N) is 2. The highest BCUT2D eigenvalue weighted by Crippen LogP contribution is 1.60. The van der Waals surface area contributed by atoms with Crippen molar-refractivity contribution in [2.45, 2.75) is 6.92 Å². The van der Waals surface area contributed by atoms with Crippen molar-refractivity contribution in [2.75, 3.05) is 7.11 Å². The van der Waals surface area contributed by atoms with Crippen molar-refractivity contribution in [1.82, 2.24) is 0 Å². The quantitative estimate of drug-likeness (QED) is 0.331. The molecule has 0 aromatic carbocycles. The van der Waals surface area contributed by atoms with Gasteiger partial charge in [-0.1, -0.05) is 0 Å². The van der Waals surface area contributed by atoms with E-state index in [4.69, 9.17) is 10.2 Å². The predicted molar refractivity (Wildman–Crippen MR) is 56.5 cm³/mol. The molecule has 0 aliphatic rings. The Morgan fingerprint density at radius 2 is 1.31 bits per heavy atom. The number of aliphatic hydroxyl groups is 2. The van der Waals surface area contributed by atoms with Crippen molar-refractivity contribution in [1.29, 1.82) is 0 Å². The largest absolute Gasteiger partial charge is 0.487 e. The average molecular weight is 228 g/mol. The minimum absolute atomic E-state index is 0.245. The Balaban J connectivity index is -0.000000117. The van der Waals surface area contributed by atoms with Crippen LogP contribution in [0.5, 0.6) is 0 Å². The highest BCUT2D eigenvalue weighted by molar-refractivity contribution is 7.80. The third kappa shape index (κ3) is 1180. The van der Waals surface area contributed by atoms with E-state index < -0.39 is 10.3 Å². The molecule has 0 radical (unpaired) electrons. The molecule has 0 aromatic heterocycles. The zero-order valence-corrected chi connectivity index (χ0v) is 8.82. The molecular weight excluding hydrogens is 216 g/mol. The molecule has 0 aromatic rings. The van der Waals surface area contributed by atoms with Crippen molar-refractivity contribution in [3.63, 3.8) is 0 Å². The lowest BCUT2D eigenvalue weighted by Crippen LogP contribution is -2.03. The van der Waals surface area contributed by atoms with Gasteiger partial charge in [0.15, 0.2) is 0 Å². The lowest BCUT2D eigenvalue weighted by Gasteiger charge is -1.80. The molecule has 6 nitrogen and oxygen atoms in total. The van der Waals surface area contributed by atoms with Gasteiger partial charge >= 0.3 is 5.97 Å². The van der Waals surface area contributed by atoms with Gasteiger partial charge in [-0.2, -0.15) is 0 Å². The van der Waals surface area contributed by atoms with E-state index in [-0.39, 0.29) is 5.97 Å². The third-order valence-electron chi connectivity index (χ3n) is 0.287. The molecule has 0 spiro atoms. The average Bonchev–Trinajstić information content (AvgIpc) is 1.84. The number of esters is 1. The summed E-state index contributed by atoms with van der Waals surface area (Å²) in [5.74, 6) is -0.245. The second-order valence-electron chi connectivity index (χ2n) is 1.37. The molecule has 0 unspecified atom stereocenters. The molecule has 0 aliphatic carbocycles. The van der Waals surface area contributed by atoms with Gasteiger partial charge in [0.1, 0.15) is 0 Å². The zero-order valence-electron chi connectivity index (χ0n) is 7.18. The van der Waals surface area contributed by atoms with Gasteiger partial charge in [0.25, 0.3) is 10.3 Å². The number of rotatable bonds is 0. The Kier molecular flexibility index (Phi) is 18.4. The van der Waals surface area contributed by atoms with Crippen molar-refractivity contribution in [3.8, 4) is 0 Å². The van der Waals surface area contributed by atoms with Crippen LogP contribution in [0.15, 0.2) is 0 Å². The van der Waals surface area contributed by atoms with Crippen LogP contribution in [0.3, 0.4) is 0 Å². The maximum absolute atomic E-state index is 9.59. The highest BCUT2D eigenvalue weighted by atomic mass is 32.1. The standard InChI is InChI=1S/C3H6O2.2CH3NOS/c1-3(4)5-2;2*2-1(3)4/h1-2H3;2*(H3,2,3,4). The summed E-state index contributed by atoms with van der Waals surface area (Å²) in [6.45, 7) is 1.36. The second-order valence-corrected chi connectivity index (χ2v) is 2.21. The molecule has 0 heterocycles. The second kappa shape index (κ2) is 13.4. The lowest BCUT2D eigenvalue weighted by molar-refractivity contribution is -0.137. The molecule has 0 fully saturated rings. The normalized spacial score (nSPS) is 6.31. The zero-order chi connectivity index (χ0) is 11.4. The third-order valence-corrected chi connectivity index (χ3v) is 0.287. The number of carbonyl (C=O) groups excluding carboxylic acids is 1. The highest BCUT2D eigenvalue weighted by Gasteiger charge is 1.75. The Bertz CT molecular complexity index is 154. The Morgan fingerprint density at radius 3 is 1.31 bits per heavy atom. The lowest BCUT2D eigenvalue weighted by atomic mass is 10.8. The Morgan fingerprint density at radius 1 is 1.23 bits per heavy atom. The van der Waals surface area contributed by atoms with Crippen LogP contribution in [0.4, 0.5) is 0 Å². The first kappa shape index (κ1) is 17.8. The number of aliphatic hydroxyl groups excluding tert-OH is 2. The minimum Gasteiger partial charge on any atom is -0.487 e. The summed E-state index contributed by atoms with van der Waals surface area (Å²) in [6.07, 6.45) is 0. The van der Waals surface area contributed by atoms with E-state index >= 15 is 0 Å². The van der Waals surface area contributed by atoms with E-state index in [1.54, 1.807) is 0 Å². The molecular formula is C5H12N2O4S2. The van der Waals surface area contributed by atoms with Gasteiger partial charge in [-0.3, -0.25) is 4.79 Å². The van der Waals surface area contributed by atoms with Gasteiger partial charge in [-0.25, -0.2) is 0 Å². The fraction of sp³-hybridized carbons (Fsp3) is 0.400. The van der Waals surface area contributed by atoms with Crippen LogP contribution in [-0.2, 0) is 9.53 Å². The predicted octanol–water partition coefficient (Wildman–Crippen LogP) is -0.245. The van der Waals surface area contributed by atoms with Crippen molar-refractivity contribution in [3.05, 3.63) is 0 Å². The van der Waals surface area contributed by atoms with Gasteiger partial charge in [0.2, 0.25) is 0 Å². The SMILES string of the molecule is COC(C)=O.NC(O)=S.NC(O)=S. The summed E-state index contributed by atoms with van der Waals surface area (Å²) in [4.78, 5) is 9.59. The molecule has 6 N–H and O–H groups in total. The summed E-state index contributed by atoms with van der Waals surface area (Å²) < 4.78 is 4.11. The summed E-state index contributed by atoms with van der Waals surface area (Å²) in [5.41, 5.74) is 8.80. The number of hydrogen-bond acceptors (Lipinski definition) is 4. The molecule has 8 heteroatoms. The summed E-state index contributed by atoms with van der Waals surface area (Å²) >= 11 is 7.74. The number of thiocarbonyl (C=S) groups is 2. The van der Waals surface area contributed by atoms with Crippen LogP contribution in [0.1, 0.15) is 6.92 Å². The number of carbonyl (C=O) groups is 1. The minimum atomic E-state index is -0.500. The summed E-state index contributed by atoms with van der Waals surface area (Å²) in [7, 11) is 1.35. The number of hydrogen-bond donors (Lipinski definition) is 4. The van der Waals surface area contributed by atoms with Crippen LogP contribution in [0, 0.1) is 0 Å². The van der Waals surface area contributed by atoms with Crippen molar-refractivity contribution >= 4 is 40.8 Å². The number of methoxy groups -OCH3 is 1. The monoisotopic (exact) mass is 228 g/mol. The molecule has 0 amide bonds. The number of ether oxygens (including phenoxy) is 1. The van der Waals surface area contributed by atoms with Crippen molar-refractivity contribution < 1.29 is 19.7 Å². The molecule has 78 valence electrons. The Hall–Kier alpha value is -1.15. The fourth-order valence-electron chi connectivity index (χ4n) is 0. The first-order chi connectivity index (χ1) is 5.73. The van der Waals surface area contributed by atoms with Gasteiger partial charge < -0.3 is 26.4 Å². The van der Waals surface area contributed by atoms with Gasteiger partial charge in [0, 0.05) is 6.92 Å². The van der Waals surface area contributed by atoms with E-state index in [1.165, 1.54) is 14.0 Å².